The van der Waals surface area contributed by atoms with Crippen molar-refractivity contribution in [2.24, 2.45) is 0 Å². The van der Waals surface area contributed by atoms with Gasteiger partial charge in [0.15, 0.2) is 11.5 Å². The number of halogens is 1. The van der Waals surface area contributed by atoms with Gasteiger partial charge in [-0.3, -0.25) is 9.59 Å². The van der Waals surface area contributed by atoms with Gasteiger partial charge in [-0.25, -0.2) is 0 Å². The summed E-state index contributed by atoms with van der Waals surface area (Å²) in [5, 5.41) is 6.24. The number of nitrogens with one attached hydrogen (secondary N) is 2. The summed E-state index contributed by atoms with van der Waals surface area (Å²) < 4.78 is 5.75. The van der Waals surface area contributed by atoms with Gasteiger partial charge in [0.25, 0.3) is 11.8 Å². The summed E-state index contributed by atoms with van der Waals surface area (Å²) in [5.41, 5.74) is 2.65. The van der Waals surface area contributed by atoms with E-state index in [1.807, 2.05) is 36.6 Å². The van der Waals surface area contributed by atoms with E-state index in [9.17, 15) is 9.59 Å². The lowest BCUT2D eigenvalue weighted by Crippen LogP contribution is -2.25. The summed E-state index contributed by atoms with van der Waals surface area (Å²) in [6.07, 6.45) is 3.64. The molecule has 0 atom stereocenters. The van der Waals surface area contributed by atoms with Gasteiger partial charge in [-0.1, -0.05) is 35.9 Å². The van der Waals surface area contributed by atoms with Crippen LogP contribution < -0.4 is 15.4 Å². The number of ether oxygens (including phenoxy) is 1. The predicted octanol–water partition coefficient (Wildman–Crippen LogP) is 5.36. The number of fused-ring (bicyclic) bond motifs is 1. The highest BCUT2D eigenvalue weighted by molar-refractivity contribution is 7.98. The third kappa shape index (κ3) is 5.10. The molecular formula is C24H19ClN2O3S. The molecule has 0 saturated heterocycles. The van der Waals surface area contributed by atoms with Crippen LogP contribution in [0.2, 0.25) is 5.02 Å². The number of rotatable bonds is 5. The third-order valence-corrected chi connectivity index (χ3v) is 5.67. The molecule has 156 valence electrons. The standard InChI is InChI=1S/C24H19ClN2O3S/c1-31-19-8-5-15(6-9-19)14-26-23(28)17-7-10-21-20(13-17)27-24(29)22(30-21)12-16-3-2-4-18(25)11-16/h2-13H,14H2,1H3,(H,26,28)(H,27,29). The maximum absolute atomic E-state index is 12.6. The van der Waals surface area contributed by atoms with Gasteiger partial charge in [0, 0.05) is 22.0 Å². The smallest absolute Gasteiger partial charge is 0.291 e. The maximum atomic E-state index is 12.6. The lowest BCUT2D eigenvalue weighted by molar-refractivity contribution is -0.115. The van der Waals surface area contributed by atoms with Gasteiger partial charge in [-0.2, -0.15) is 0 Å². The minimum Gasteiger partial charge on any atom is -0.449 e. The van der Waals surface area contributed by atoms with E-state index in [4.69, 9.17) is 16.3 Å². The summed E-state index contributed by atoms with van der Waals surface area (Å²) in [6, 6.07) is 20.1. The fourth-order valence-electron chi connectivity index (χ4n) is 3.08. The van der Waals surface area contributed by atoms with E-state index in [-0.39, 0.29) is 17.6 Å². The highest BCUT2D eigenvalue weighted by Crippen LogP contribution is 2.32. The van der Waals surface area contributed by atoms with Gasteiger partial charge in [0.2, 0.25) is 0 Å². The Bertz CT molecular complexity index is 1180. The van der Waals surface area contributed by atoms with Crippen LogP contribution in [0.1, 0.15) is 21.5 Å². The molecule has 31 heavy (non-hydrogen) atoms. The zero-order valence-corrected chi connectivity index (χ0v) is 18.2. The van der Waals surface area contributed by atoms with E-state index in [0.29, 0.717) is 28.6 Å². The quantitative estimate of drug-likeness (QED) is 0.405. The van der Waals surface area contributed by atoms with Gasteiger partial charge in [0.05, 0.1) is 5.69 Å². The number of carbonyl (C=O) groups excluding carboxylic acids is 2. The molecule has 0 saturated carbocycles. The maximum Gasteiger partial charge on any atom is 0.291 e. The number of hydrogen-bond donors (Lipinski definition) is 2. The van der Waals surface area contributed by atoms with Crippen molar-refractivity contribution >= 4 is 46.9 Å². The minimum atomic E-state index is -0.390. The molecule has 4 rings (SSSR count). The first-order valence-electron chi connectivity index (χ1n) is 9.53. The van der Waals surface area contributed by atoms with Crippen molar-refractivity contribution in [1.82, 2.24) is 5.32 Å². The highest BCUT2D eigenvalue weighted by Gasteiger charge is 2.23. The molecule has 0 fully saturated rings. The Kier molecular flexibility index (Phi) is 6.30. The van der Waals surface area contributed by atoms with Gasteiger partial charge in [-0.15, -0.1) is 11.8 Å². The van der Waals surface area contributed by atoms with E-state index in [2.05, 4.69) is 10.6 Å². The Morgan fingerprint density at radius 2 is 1.94 bits per heavy atom. The first-order chi connectivity index (χ1) is 15.0. The summed E-state index contributed by atoms with van der Waals surface area (Å²) in [4.78, 5) is 26.2. The molecular weight excluding hydrogens is 432 g/mol. The lowest BCUT2D eigenvalue weighted by Gasteiger charge is -2.20. The number of carbonyl (C=O) groups is 2. The number of amides is 2. The molecule has 7 heteroatoms. The van der Waals surface area contributed by atoms with Crippen molar-refractivity contribution in [3.8, 4) is 5.75 Å². The van der Waals surface area contributed by atoms with Crippen LogP contribution in [0, 0.1) is 0 Å². The Labute approximate surface area is 189 Å². The lowest BCUT2D eigenvalue weighted by atomic mass is 10.1. The molecule has 0 unspecified atom stereocenters. The first-order valence-corrected chi connectivity index (χ1v) is 11.1. The third-order valence-electron chi connectivity index (χ3n) is 4.69. The summed E-state index contributed by atoms with van der Waals surface area (Å²) in [7, 11) is 0. The van der Waals surface area contributed by atoms with E-state index >= 15 is 0 Å². The van der Waals surface area contributed by atoms with E-state index in [0.717, 1.165) is 11.1 Å². The second-order valence-electron chi connectivity index (χ2n) is 6.86. The van der Waals surface area contributed by atoms with Crippen LogP contribution in [0.25, 0.3) is 6.08 Å². The van der Waals surface area contributed by atoms with Crippen LogP contribution >= 0.6 is 23.4 Å². The second-order valence-corrected chi connectivity index (χ2v) is 8.18. The van der Waals surface area contributed by atoms with Gasteiger partial charge in [0.1, 0.15) is 0 Å². The normalized spacial score (nSPS) is 13.9. The van der Waals surface area contributed by atoms with Gasteiger partial charge < -0.3 is 15.4 Å². The molecule has 0 aliphatic carbocycles. The Morgan fingerprint density at radius 1 is 1.13 bits per heavy atom. The SMILES string of the molecule is CSc1ccc(CNC(=O)c2ccc3c(c2)NC(=O)C(=Cc2cccc(Cl)c2)O3)cc1. The van der Waals surface area contributed by atoms with E-state index < -0.39 is 0 Å². The zero-order valence-electron chi connectivity index (χ0n) is 16.6. The van der Waals surface area contributed by atoms with E-state index in [1.54, 1.807) is 54.2 Å². The second kappa shape index (κ2) is 9.29. The molecule has 2 N–H and O–H groups in total. The monoisotopic (exact) mass is 450 g/mol. The van der Waals surface area contributed by atoms with Crippen molar-refractivity contribution in [1.29, 1.82) is 0 Å². The molecule has 3 aromatic carbocycles. The van der Waals surface area contributed by atoms with Crippen LogP contribution in [0.3, 0.4) is 0 Å². The average Bonchev–Trinajstić information content (AvgIpc) is 2.78. The summed E-state index contributed by atoms with van der Waals surface area (Å²) in [5.74, 6) is 0.00270. The fourth-order valence-corrected chi connectivity index (χ4v) is 3.68. The Balaban J connectivity index is 1.46. The van der Waals surface area contributed by atoms with Crippen LogP contribution in [-0.2, 0) is 11.3 Å². The fraction of sp³-hybridized carbons (Fsp3) is 0.0833. The average molecular weight is 451 g/mol. The van der Waals surface area contributed by atoms with Gasteiger partial charge in [-0.05, 0) is 65.9 Å². The highest BCUT2D eigenvalue weighted by atomic mass is 35.5. The van der Waals surface area contributed by atoms with Crippen molar-refractivity contribution in [2.45, 2.75) is 11.4 Å². The molecule has 0 spiro atoms. The van der Waals surface area contributed by atoms with Crippen molar-refractivity contribution in [3.05, 3.63) is 94.2 Å². The Morgan fingerprint density at radius 3 is 2.68 bits per heavy atom. The molecule has 0 aromatic heterocycles. The van der Waals surface area contributed by atoms with Crippen molar-refractivity contribution < 1.29 is 14.3 Å². The number of benzene rings is 3. The molecule has 1 aliphatic heterocycles. The summed E-state index contributed by atoms with van der Waals surface area (Å²) >= 11 is 7.67. The number of thioether (sulfide) groups is 1. The molecule has 1 aliphatic rings. The first kappa shape index (κ1) is 21.0. The van der Waals surface area contributed by atoms with Gasteiger partial charge >= 0.3 is 0 Å². The van der Waals surface area contributed by atoms with Crippen LogP contribution in [0.5, 0.6) is 5.75 Å². The molecule has 3 aromatic rings. The Hall–Kier alpha value is -3.22. The molecule has 0 radical (unpaired) electrons. The predicted molar refractivity (Wildman–Crippen MR) is 125 cm³/mol. The molecule has 1 heterocycles. The van der Waals surface area contributed by atoms with Crippen molar-refractivity contribution in [2.75, 3.05) is 11.6 Å². The van der Waals surface area contributed by atoms with Crippen LogP contribution in [0.4, 0.5) is 5.69 Å². The summed E-state index contributed by atoms with van der Waals surface area (Å²) in [6.45, 7) is 0.417. The van der Waals surface area contributed by atoms with Crippen LogP contribution in [0.15, 0.2) is 77.4 Å². The number of anilines is 1. The minimum absolute atomic E-state index is 0.153. The molecule has 0 bridgehead atoms. The van der Waals surface area contributed by atoms with E-state index in [1.165, 1.54) is 4.90 Å². The molecule has 5 nitrogen and oxygen atoms in total. The van der Waals surface area contributed by atoms with Crippen molar-refractivity contribution in [3.63, 3.8) is 0 Å². The number of hydrogen-bond acceptors (Lipinski definition) is 4. The largest absolute Gasteiger partial charge is 0.449 e. The molecule has 2 amide bonds. The zero-order chi connectivity index (χ0) is 21.8. The topological polar surface area (TPSA) is 67.4 Å². The van der Waals surface area contributed by atoms with Crippen LogP contribution in [-0.4, -0.2) is 18.1 Å².